The molecule has 3 aromatic rings. The molecule has 8 heteroatoms. The number of nitrogens with zero attached hydrogens (tertiary/aromatic N) is 2. The molecule has 22 heavy (non-hydrogen) atoms. The van der Waals surface area contributed by atoms with Crippen LogP contribution in [0.25, 0.3) is 21.8 Å². The van der Waals surface area contributed by atoms with Crippen molar-refractivity contribution in [1.29, 1.82) is 0 Å². The van der Waals surface area contributed by atoms with Crippen molar-refractivity contribution in [1.82, 2.24) is 10.1 Å². The molecule has 0 bridgehead atoms. The van der Waals surface area contributed by atoms with Crippen LogP contribution in [0.3, 0.4) is 0 Å². The molecule has 1 aromatic carbocycles. The first-order valence-electron chi connectivity index (χ1n) is 6.01. The predicted molar refractivity (Wildman–Crippen MR) is 86.1 cm³/mol. The minimum Gasteiger partial charge on any atom is -0.504 e. The summed E-state index contributed by atoms with van der Waals surface area (Å²) < 4.78 is 5.11. The maximum atomic E-state index is 9.54. The van der Waals surface area contributed by atoms with Crippen LogP contribution < -0.4 is 0 Å². The van der Waals surface area contributed by atoms with Crippen LogP contribution in [-0.4, -0.2) is 20.4 Å². The third kappa shape index (κ3) is 2.94. The van der Waals surface area contributed by atoms with Gasteiger partial charge in [-0.25, -0.2) is 0 Å². The average molecular weight is 355 g/mol. The largest absolute Gasteiger partial charge is 0.504 e. The quantitative estimate of drug-likeness (QED) is 0.672. The van der Waals surface area contributed by atoms with Gasteiger partial charge in [-0.3, -0.25) is 0 Å². The van der Waals surface area contributed by atoms with Crippen LogP contribution in [0.4, 0.5) is 0 Å². The monoisotopic (exact) mass is 354 g/mol. The zero-order chi connectivity index (χ0) is 15.7. The zero-order valence-corrected chi connectivity index (χ0v) is 13.2. The molecule has 3 rings (SSSR count). The van der Waals surface area contributed by atoms with Crippen molar-refractivity contribution in [2.75, 3.05) is 0 Å². The molecule has 0 radical (unpaired) electrons. The molecule has 0 saturated carbocycles. The smallest absolute Gasteiger partial charge is 0.269 e. The number of aromatic nitrogens is 2. The molecular weight excluding hydrogens is 347 g/mol. The zero-order valence-electron chi connectivity index (χ0n) is 10.8. The SMILES string of the molecule is Oc1cc(/C=C(\Cl)c2nc(-c3cccs3)no2)cc(Cl)c1O. The molecule has 0 amide bonds. The van der Waals surface area contributed by atoms with Crippen LogP contribution in [0, 0.1) is 0 Å². The van der Waals surface area contributed by atoms with Gasteiger partial charge in [0.1, 0.15) is 5.03 Å². The molecule has 2 heterocycles. The van der Waals surface area contributed by atoms with Crippen LogP contribution in [-0.2, 0) is 0 Å². The van der Waals surface area contributed by atoms with Crippen molar-refractivity contribution < 1.29 is 14.7 Å². The van der Waals surface area contributed by atoms with Crippen LogP contribution >= 0.6 is 34.5 Å². The van der Waals surface area contributed by atoms with E-state index < -0.39 is 0 Å². The summed E-state index contributed by atoms with van der Waals surface area (Å²) in [5.41, 5.74) is 0.487. The van der Waals surface area contributed by atoms with Gasteiger partial charge in [0, 0.05) is 0 Å². The Morgan fingerprint density at radius 2 is 2.14 bits per heavy atom. The Kier molecular flexibility index (Phi) is 4.06. The first-order chi connectivity index (χ1) is 10.5. The molecule has 0 saturated heterocycles. The highest BCUT2D eigenvalue weighted by Crippen LogP contribution is 2.35. The predicted octanol–water partition coefficient (Wildman–Crippen LogP) is 4.60. The van der Waals surface area contributed by atoms with Crippen molar-refractivity contribution in [2.45, 2.75) is 0 Å². The Labute approximate surface area is 139 Å². The highest BCUT2D eigenvalue weighted by atomic mass is 35.5. The normalized spacial score (nSPS) is 11.8. The minimum atomic E-state index is -0.382. The van der Waals surface area contributed by atoms with E-state index in [1.54, 1.807) is 0 Å². The number of benzene rings is 1. The van der Waals surface area contributed by atoms with E-state index in [0.29, 0.717) is 11.4 Å². The molecule has 0 atom stereocenters. The van der Waals surface area contributed by atoms with Gasteiger partial charge < -0.3 is 14.7 Å². The summed E-state index contributed by atoms with van der Waals surface area (Å²) in [5, 5.41) is 24.9. The fourth-order valence-electron chi connectivity index (χ4n) is 1.72. The number of phenols is 2. The average Bonchev–Trinajstić information content (AvgIpc) is 3.15. The number of aromatic hydroxyl groups is 2. The Bertz CT molecular complexity index is 821. The topological polar surface area (TPSA) is 79.4 Å². The second-order valence-corrected chi connectivity index (χ2v) is 6.03. The molecule has 0 aliphatic carbocycles. The van der Waals surface area contributed by atoms with Gasteiger partial charge in [0.05, 0.1) is 9.90 Å². The first kappa shape index (κ1) is 14.9. The van der Waals surface area contributed by atoms with E-state index in [0.717, 1.165) is 4.88 Å². The second kappa shape index (κ2) is 6.00. The van der Waals surface area contributed by atoms with E-state index in [1.165, 1.54) is 29.5 Å². The van der Waals surface area contributed by atoms with Gasteiger partial charge in [0.2, 0.25) is 5.82 Å². The molecule has 0 unspecified atom stereocenters. The van der Waals surface area contributed by atoms with E-state index in [2.05, 4.69) is 10.1 Å². The van der Waals surface area contributed by atoms with Crippen LogP contribution in [0.5, 0.6) is 11.5 Å². The number of hydrogen-bond acceptors (Lipinski definition) is 6. The van der Waals surface area contributed by atoms with Crippen molar-refractivity contribution in [3.63, 3.8) is 0 Å². The van der Waals surface area contributed by atoms with Crippen molar-refractivity contribution >= 4 is 45.6 Å². The molecule has 0 fully saturated rings. The first-order valence-corrected chi connectivity index (χ1v) is 7.65. The fraction of sp³-hybridized carbons (Fsp3) is 0. The van der Waals surface area contributed by atoms with Crippen molar-refractivity contribution in [3.8, 4) is 22.2 Å². The minimum absolute atomic E-state index is 0.0144. The lowest BCUT2D eigenvalue weighted by Gasteiger charge is -2.02. The lowest BCUT2D eigenvalue weighted by molar-refractivity contribution is 0.404. The fourth-order valence-corrected chi connectivity index (χ4v) is 2.80. The third-order valence-corrected chi connectivity index (χ3v) is 4.16. The summed E-state index contributed by atoms with van der Waals surface area (Å²) in [5.74, 6) is -0.127. The Morgan fingerprint density at radius 3 is 2.82 bits per heavy atom. The molecule has 2 N–H and O–H groups in total. The molecule has 0 aliphatic heterocycles. The van der Waals surface area contributed by atoms with E-state index in [-0.39, 0.29) is 27.4 Å². The molecule has 2 aromatic heterocycles. The van der Waals surface area contributed by atoms with E-state index >= 15 is 0 Å². The van der Waals surface area contributed by atoms with E-state index in [1.807, 2.05) is 17.5 Å². The van der Waals surface area contributed by atoms with Gasteiger partial charge >= 0.3 is 0 Å². The maximum absolute atomic E-state index is 9.54. The molecule has 112 valence electrons. The Hall–Kier alpha value is -2.02. The summed E-state index contributed by atoms with van der Waals surface area (Å²) in [6.45, 7) is 0. The van der Waals surface area contributed by atoms with Gasteiger partial charge in [-0.15, -0.1) is 11.3 Å². The van der Waals surface area contributed by atoms with Crippen molar-refractivity contribution in [2.24, 2.45) is 0 Å². The van der Waals surface area contributed by atoms with Crippen LogP contribution in [0.1, 0.15) is 11.5 Å². The summed E-state index contributed by atoms with van der Waals surface area (Å²) in [6.07, 6.45) is 1.50. The van der Waals surface area contributed by atoms with E-state index in [4.69, 9.17) is 27.7 Å². The summed E-state index contributed by atoms with van der Waals surface area (Å²) in [6, 6.07) is 6.53. The van der Waals surface area contributed by atoms with Gasteiger partial charge in [0.15, 0.2) is 11.5 Å². The lowest BCUT2D eigenvalue weighted by atomic mass is 10.2. The number of rotatable bonds is 3. The van der Waals surface area contributed by atoms with Crippen LogP contribution in [0.2, 0.25) is 5.02 Å². The highest BCUT2D eigenvalue weighted by Gasteiger charge is 2.13. The Morgan fingerprint density at radius 1 is 1.32 bits per heavy atom. The maximum Gasteiger partial charge on any atom is 0.269 e. The standard InChI is InChI=1S/C14H8Cl2N2O3S/c15-8-4-7(6-10(19)12(8)20)5-9(16)14-17-13(18-21-14)11-2-1-3-22-11/h1-6,19-20H/b9-5-. The van der Waals surface area contributed by atoms with Gasteiger partial charge in [-0.05, 0) is 35.2 Å². The van der Waals surface area contributed by atoms with Crippen LogP contribution in [0.15, 0.2) is 34.2 Å². The van der Waals surface area contributed by atoms with Gasteiger partial charge in [-0.1, -0.05) is 34.4 Å². The molecule has 0 aliphatic rings. The summed E-state index contributed by atoms with van der Waals surface area (Å²) >= 11 is 13.4. The third-order valence-electron chi connectivity index (χ3n) is 2.73. The summed E-state index contributed by atoms with van der Waals surface area (Å²) in [4.78, 5) is 5.06. The van der Waals surface area contributed by atoms with Crippen molar-refractivity contribution in [3.05, 3.63) is 46.1 Å². The lowest BCUT2D eigenvalue weighted by Crippen LogP contribution is -1.80. The number of thiophene rings is 1. The molecule has 5 nitrogen and oxygen atoms in total. The summed E-state index contributed by atoms with van der Waals surface area (Å²) in [7, 11) is 0. The Balaban J connectivity index is 1.92. The van der Waals surface area contributed by atoms with E-state index in [9.17, 15) is 10.2 Å². The van der Waals surface area contributed by atoms with Gasteiger partial charge in [0.25, 0.3) is 5.89 Å². The highest BCUT2D eigenvalue weighted by molar-refractivity contribution is 7.13. The number of halogens is 2. The molecule has 0 spiro atoms. The van der Waals surface area contributed by atoms with Gasteiger partial charge in [-0.2, -0.15) is 4.98 Å². The number of phenolic OH excluding ortho intramolecular Hbond substituents is 2. The molecular formula is C14H8Cl2N2O3S. The second-order valence-electron chi connectivity index (χ2n) is 4.26. The number of hydrogen-bond donors (Lipinski definition) is 2.